The van der Waals surface area contributed by atoms with Gasteiger partial charge in [0, 0.05) is 23.6 Å². The second-order valence-electron chi connectivity index (χ2n) is 4.54. The van der Waals surface area contributed by atoms with Crippen LogP contribution in [0.25, 0.3) is 0 Å². The van der Waals surface area contributed by atoms with Gasteiger partial charge in [0.25, 0.3) is 0 Å². The normalized spacial score (nSPS) is 20.9. The molecule has 0 bridgehead atoms. The maximum Gasteiger partial charge on any atom is 0.246 e. The van der Waals surface area contributed by atoms with Gasteiger partial charge in [-0.15, -0.1) is 0 Å². The average molecular weight is 351 g/mol. The van der Waals surface area contributed by atoms with Crippen LogP contribution in [-0.4, -0.2) is 38.9 Å². The summed E-state index contributed by atoms with van der Waals surface area (Å²) in [4.78, 5) is -0.259. The molecule has 1 aromatic rings. The lowest BCUT2D eigenvalue weighted by Gasteiger charge is -2.24. The number of nitrogens with zero attached hydrogens (tertiary/aromatic N) is 1. The number of hydrogen-bond donors (Lipinski definition) is 1. The molecule has 2 rings (SSSR count). The summed E-state index contributed by atoms with van der Waals surface area (Å²) in [5.74, 6) is -0.710. The SMILES string of the molecule is CNC[C@H]1CCCN1S(=O)(=O)c1cc(Br)ccc1F. The van der Waals surface area contributed by atoms with Crippen molar-refractivity contribution >= 4 is 26.0 Å². The Balaban J connectivity index is 2.39. The molecule has 19 heavy (non-hydrogen) atoms. The first-order valence-electron chi connectivity index (χ1n) is 6.08. The fourth-order valence-electron chi connectivity index (χ4n) is 2.37. The van der Waals surface area contributed by atoms with Crippen LogP contribution in [0.1, 0.15) is 12.8 Å². The Kier molecular flexibility index (Phi) is 4.60. The molecule has 0 saturated carbocycles. The Bertz CT molecular complexity index is 565. The molecular formula is C12H16BrFN2O2S. The molecule has 106 valence electrons. The predicted molar refractivity (Wildman–Crippen MR) is 74.9 cm³/mol. The molecular weight excluding hydrogens is 335 g/mol. The van der Waals surface area contributed by atoms with Crippen LogP contribution >= 0.6 is 15.9 Å². The molecule has 1 atom stereocenters. The Hall–Kier alpha value is -0.500. The van der Waals surface area contributed by atoms with Crippen LogP contribution in [0.3, 0.4) is 0 Å². The Morgan fingerprint density at radius 2 is 2.26 bits per heavy atom. The highest BCUT2D eigenvalue weighted by Gasteiger charge is 2.36. The van der Waals surface area contributed by atoms with Gasteiger partial charge in [-0.25, -0.2) is 12.8 Å². The monoisotopic (exact) mass is 350 g/mol. The minimum absolute atomic E-state index is 0.103. The summed E-state index contributed by atoms with van der Waals surface area (Å²) in [5, 5.41) is 2.98. The second-order valence-corrected chi connectivity index (χ2v) is 7.32. The van der Waals surface area contributed by atoms with Gasteiger partial charge in [0.05, 0.1) is 0 Å². The number of hydrogen-bond acceptors (Lipinski definition) is 3. The van der Waals surface area contributed by atoms with Gasteiger partial charge in [-0.2, -0.15) is 4.31 Å². The molecule has 7 heteroatoms. The summed E-state index contributed by atoms with van der Waals surface area (Å²) >= 11 is 3.18. The largest absolute Gasteiger partial charge is 0.318 e. The van der Waals surface area contributed by atoms with E-state index in [-0.39, 0.29) is 10.9 Å². The lowest BCUT2D eigenvalue weighted by molar-refractivity contribution is 0.376. The van der Waals surface area contributed by atoms with E-state index >= 15 is 0 Å². The van der Waals surface area contributed by atoms with E-state index in [9.17, 15) is 12.8 Å². The summed E-state index contributed by atoms with van der Waals surface area (Å²) in [6, 6.07) is 3.87. The highest BCUT2D eigenvalue weighted by Crippen LogP contribution is 2.28. The van der Waals surface area contributed by atoms with E-state index in [0.717, 1.165) is 12.8 Å². The Morgan fingerprint density at radius 1 is 1.53 bits per heavy atom. The molecule has 1 saturated heterocycles. The molecule has 1 aromatic carbocycles. The average Bonchev–Trinajstić information content (AvgIpc) is 2.81. The van der Waals surface area contributed by atoms with Gasteiger partial charge in [-0.1, -0.05) is 15.9 Å². The molecule has 1 aliphatic rings. The van der Waals surface area contributed by atoms with E-state index < -0.39 is 15.8 Å². The molecule has 1 heterocycles. The van der Waals surface area contributed by atoms with Crippen molar-refractivity contribution in [1.29, 1.82) is 0 Å². The third-order valence-electron chi connectivity index (χ3n) is 3.24. The van der Waals surface area contributed by atoms with E-state index in [1.165, 1.54) is 22.5 Å². The maximum absolute atomic E-state index is 13.8. The highest BCUT2D eigenvalue weighted by molar-refractivity contribution is 9.10. The van der Waals surface area contributed by atoms with E-state index in [4.69, 9.17) is 0 Å². The van der Waals surface area contributed by atoms with Gasteiger partial charge in [0.1, 0.15) is 10.7 Å². The van der Waals surface area contributed by atoms with Gasteiger partial charge >= 0.3 is 0 Å². The summed E-state index contributed by atoms with van der Waals surface area (Å²) in [6.45, 7) is 1.02. The lowest BCUT2D eigenvalue weighted by atomic mass is 10.2. The molecule has 0 unspecified atom stereocenters. The summed E-state index contributed by atoms with van der Waals surface area (Å²) in [6.07, 6.45) is 1.61. The van der Waals surface area contributed by atoms with Gasteiger partial charge < -0.3 is 5.32 Å². The van der Waals surface area contributed by atoms with Crippen molar-refractivity contribution in [2.24, 2.45) is 0 Å². The van der Waals surface area contributed by atoms with E-state index in [2.05, 4.69) is 21.2 Å². The van der Waals surface area contributed by atoms with Crippen LogP contribution in [0.5, 0.6) is 0 Å². The van der Waals surface area contributed by atoms with E-state index in [1.807, 2.05) is 0 Å². The van der Waals surface area contributed by atoms with Gasteiger partial charge in [-0.3, -0.25) is 0 Å². The minimum Gasteiger partial charge on any atom is -0.318 e. The number of likely N-dealkylation sites (N-methyl/N-ethyl adjacent to an activating group) is 1. The molecule has 1 fully saturated rings. The zero-order valence-corrected chi connectivity index (χ0v) is 13.0. The van der Waals surface area contributed by atoms with Crippen molar-refractivity contribution in [2.45, 2.75) is 23.8 Å². The number of sulfonamides is 1. The van der Waals surface area contributed by atoms with Crippen molar-refractivity contribution in [3.8, 4) is 0 Å². The van der Waals surface area contributed by atoms with Gasteiger partial charge in [-0.05, 0) is 38.1 Å². The molecule has 4 nitrogen and oxygen atoms in total. The number of rotatable bonds is 4. The van der Waals surface area contributed by atoms with Crippen LogP contribution in [0.15, 0.2) is 27.6 Å². The third kappa shape index (κ3) is 2.99. The molecule has 1 aliphatic heterocycles. The fourth-order valence-corrected chi connectivity index (χ4v) is 4.66. The molecule has 0 aliphatic carbocycles. The van der Waals surface area contributed by atoms with Crippen LogP contribution in [-0.2, 0) is 10.0 Å². The molecule has 0 spiro atoms. The highest BCUT2D eigenvalue weighted by atomic mass is 79.9. The maximum atomic E-state index is 13.8. The van der Waals surface area contributed by atoms with E-state index in [1.54, 1.807) is 7.05 Å². The topological polar surface area (TPSA) is 49.4 Å². The molecule has 1 N–H and O–H groups in total. The molecule has 0 aromatic heterocycles. The van der Waals surface area contributed by atoms with Crippen molar-refractivity contribution in [2.75, 3.05) is 20.1 Å². The Labute approximate surface area is 121 Å². The van der Waals surface area contributed by atoms with Crippen molar-refractivity contribution in [3.05, 3.63) is 28.5 Å². The van der Waals surface area contributed by atoms with Crippen LogP contribution in [0.4, 0.5) is 4.39 Å². The summed E-state index contributed by atoms with van der Waals surface area (Å²) < 4.78 is 40.8. The number of halogens is 2. The number of benzene rings is 1. The number of nitrogens with one attached hydrogen (secondary N) is 1. The van der Waals surface area contributed by atoms with Crippen LogP contribution in [0.2, 0.25) is 0 Å². The predicted octanol–water partition coefficient (Wildman–Crippen LogP) is 1.96. The zero-order chi connectivity index (χ0) is 14.0. The lowest BCUT2D eigenvalue weighted by Crippen LogP contribution is -2.41. The van der Waals surface area contributed by atoms with Crippen LogP contribution < -0.4 is 5.32 Å². The third-order valence-corrected chi connectivity index (χ3v) is 5.70. The fraction of sp³-hybridized carbons (Fsp3) is 0.500. The first-order chi connectivity index (χ1) is 8.96. The van der Waals surface area contributed by atoms with Crippen LogP contribution in [0, 0.1) is 5.82 Å². The second kappa shape index (κ2) is 5.87. The van der Waals surface area contributed by atoms with Gasteiger partial charge in [0.15, 0.2) is 0 Å². The van der Waals surface area contributed by atoms with E-state index in [0.29, 0.717) is 17.6 Å². The van der Waals surface area contributed by atoms with Crippen molar-refractivity contribution in [1.82, 2.24) is 9.62 Å². The van der Waals surface area contributed by atoms with Crippen molar-refractivity contribution < 1.29 is 12.8 Å². The first kappa shape index (κ1) is 14.9. The van der Waals surface area contributed by atoms with Crippen molar-refractivity contribution in [3.63, 3.8) is 0 Å². The zero-order valence-electron chi connectivity index (χ0n) is 10.6. The molecule has 0 radical (unpaired) electrons. The first-order valence-corrected chi connectivity index (χ1v) is 8.31. The van der Waals surface area contributed by atoms with Gasteiger partial charge in [0.2, 0.25) is 10.0 Å². The Morgan fingerprint density at radius 3 is 2.95 bits per heavy atom. The standard InChI is InChI=1S/C12H16BrFN2O2S/c1-15-8-10-3-2-6-16(10)19(17,18)12-7-9(13)4-5-11(12)14/h4-5,7,10,15H,2-3,6,8H2,1H3/t10-/m1/s1. The quantitative estimate of drug-likeness (QED) is 0.902. The smallest absolute Gasteiger partial charge is 0.246 e. The summed E-state index contributed by atoms with van der Waals surface area (Å²) in [5.41, 5.74) is 0. The summed E-state index contributed by atoms with van der Waals surface area (Å²) in [7, 11) is -1.99. The molecule has 0 amide bonds. The minimum atomic E-state index is -3.77.